The number of aryl methyl sites for hydroxylation is 1. The Morgan fingerprint density at radius 2 is 1.46 bits per heavy atom. The number of nitrogens with zero attached hydrogens (tertiary/aromatic N) is 2. The monoisotopic (exact) mass is 514 g/mol. The van der Waals surface area contributed by atoms with Crippen LogP contribution in [0.5, 0.6) is 17.2 Å². The van der Waals surface area contributed by atoms with Gasteiger partial charge >= 0.3 is 0 Å². The fraction of sp³-hybridized carbons (Fsp3) is 0.257. The van der Waals surface area contributed by atoms with Crippen LogP contribution in [0.2, 0.25) is 0 Å². The van der Waals surface area contributed by atoms with Crippen molar-refractivity contribution in [1.82, 2.24) is 4.57 Å². The van der Waals surface area contributed by atoms with Crippen molar-refractivity contribution in [1.29, 1.82) is 0 Å². The van der Waals surface area contributed by atoms with Crippen LogP contribution in [0.3, 0.4) is 0 Å². The first-order chi connectivity index (χ1) is 19.2. The van der Waals surface area contributed by atoms with Gasteiger partial charge in [-0.15, -0.1) is 0 Å². The molecule has 1 atom stereocenters. The minimum atomic E-state index is -0.841. The van der Waals surface area contributed by atoms with Crippen molar-refractivity contribution in [2.24, 2.45) is 0 Å². The van der Waals surface area contributed by atoms with Crippen molar-refractivity contribution < 1.29 is 9.47 Å². The number of anilines is 1. The van der Waals surface area contributed by atoms with E-state index in [1.54, 1.807) is 0 Å². The Labute approximate surface area is 230 Å². The van der Waals surface area contributed by atoms with Gasteiger partial charge in [0.25, 0.3) is 0 Å². The van der Waals surface area contributed by atoms with E-state index in [0.29, 0.717) is 0 Å². The Kier molecular flexibility index (Phi) is 5.66. The molecule has 0 N–H and O–H groups in total. The van der Waals surface area contributed by atoms with Crippen LogP contribution in [0.15, 0.2) is 91.0 Å². The molecule has 7 rings (SSSR count). The largest absolute Gasteiger partial charge is 0.472 e. The quantitative estimate of drug-likeness (QED) is 0.227. The molecule has 0 saturated carbocycles. The van der Waals surface area contributed by atoms with Gasteiger partial charge in [0.1, 0.15) is 17.2 Å². The number of ether oxygens (including phenoxy) is 2. The van der Waals surface area contributed by atoms with E-state index >= 15 is 0 Å². The molecule has 0 radical (unpaired) electrons. The van der Waals surface area contributed by atoms with Crippen LogP contribution in [-0.2, 0) is 12.1 Å². The fourth-order valence-corrected chi connectivity index (χ4v) is 6.62. The Balaban J connectivity index is 1.62. The predicted octanol–water partition coefficient (Wildman–Crippen LogP) is 8.74. The molecule has 0 bridgehead atoms. The Hall–Kier alpha value is -4.18. The standard InChI is InChI=1S/C35H34N2O2/c1-4-7-22-37-29-17-11-8-14-25(29)33-34(37)26-15-9-12-18-30(26)39-35(33)27-16-10-13-19-31(27)38-32-23-24(20-21-28(32)35)36(5-2)6-3/h8-21,23H,4-7,22H2,1-3H3. The molecule has 39 heavy (non-hydrogen) atoms. The molecule has 5 aromatic rings. The third-order valence-corrected chi connectivity index (χ3v) is 8.42. The number of rotatable bonds is 6. The van der Waals surface area contributed by atoms with Crippen molar-refractivity contribution in [3.05, 3.63) is 108 Å². The second kappa shape index (κ2) is 9.23. The summed E-state index contributed by atoms with van der Waals surface area (Å²) in [6, 6.07) is 32.4. The summed E-state index contributed by atoms with van der Waals surface area (Å²) >= 11 is 0. The first kappa shape index (κ1) is 23.9. The van der Waals surface area contributed by atoms with E-state index < -0.39 is 5.60 Å². The number of hydrogen-bond donors (Lipinski definition) is 0. The van der Waals surface area contributed by atoms with Gasteiger partial charge in [-0.3, -0.25) is 0 Å². The van der Waals surface area contributed by atoms with E-state index in [4.69, 9.17) is 9.47 Å². The summed E-state index contributed by atoms with van der Waals surface area (Å²) in [4.78, 5) is 2.36. The lowest BCUT2D eigenvalue weighted by Crippen LogP contribution is -2.41. The molecule has 1 spiro atoms. The third kappa shape index (κ3) is 3.37. The first-order valence-corrected chi connectivity index (χ1v) is 14.3. The normalized spacial score (nSPS) is 16.6. The molecule has 0 fully saturated rings. The van der Waals surface area contributed by atoms with Crippen LogP contribution in [0, 0.1) is 0 Å². The second-order valence-corrected chi connectivity index (χ2v) is 10.5. The van der Waals surface area contributed by atoms with Gasteiger partial charge in [-0.2, -0.15) is 0 Å². The van der Waals surface area contributed by atoms with E-state index in [1.807, 2.05) is 6.07 Å². The predicted molar refractivity (Wildman–Crippen MR) is 159 cm³/mol. The number of aromatic nitrogens is 1. The van der Waals surface area contributed by atoms with Gasteiger partial charge in [-0.25, -0.2) is 0 Å². The zero-order chi connectivity index (χ0) is 26.6. The van der Waals surface area contributed by atoms with Crippen LogP contribution in [0.4, 0.5) is 5.69 Å². The maximum Gasteiger partial charge on any atom is 0.194 e. The summed E-state index contributed by atoms with van der Waals surface area (Å²) in [5, 5.41) is 1.23. The summed E-state index contributed by atoms with van der Waals surface area (Å²) < 4.78 is 16.5. The zero-order valence-electron chi connectivity index (χ0n) is 22.9. The molecule has 2 aliphatic rings. The van der Waals surface area contributed by atoms with Gasteiger partial charge in [0.2, 0.25) is 0 Å². The molecule has 3 heterocycles. The highest BCUT2D eigenvalue weighted by Gasteiger charge is 2.52. The molecule has 1 unspecified atom stereocenters. The maximum atomic E-state index is 7.31. The second-order valence-electron chi connectivity index (χ2n) is 10.5. The summed E-state index contributed by atoms with van der Waals surface area (Å²) in [5.74, 6) is 2.60. The Morgan fingerprint density at radius 1 is 0.744 bits per heavy atom. The number of fused-ring (bicyclic) bond motifs is 10. The summed E-state index contributed by atoms with van der Waals surface area (Å²) in [5.41, 5.74) is 7.27. The fourth-order valence-electron chi connectivity index (χ4n) is 6.62. The van der Waals surface area contributed by atoms with E-state index in [1.165, 1.54) is 22.2 Å². The smallest absolute Gasteiger partial charge is 0.194 e. The number of hydrogen-bond acceptors (Lipinski definition) is 3. The third-order valence-electron chi connectivity index (χ3n) is 8.42. The lowest BCUT2D eigenvalue weighted by molar-refractivity contribution is 0.139. The van der Waals surface area contributed by atoms with Crippen molar-refractivity contribution >= 4 is 16.6 Å². The molecule has 0 amide bonds. The van der Waals surface area contributed by atoms with Gasteiger partial charge in [0, 0.05) is 64.5 Å². The number of unbranched alkanes of at least 4 members (excludes halogenated alkanes) is 1. The highest BCUT2D eigenvalue weighted by molar-refractivity contribution is 5.97. The lowest BCUT2D eigenvalue weighted by Gasteiger charge is -2.44. The van der Waals surface area contributed by atoms with Gasteiger partial charge < -0.3 is 18.9 Å². The Bertz CT molecular complexity index is 1700. The Morgan fingerprint density at radius 3 is 2.28 bits per heavy atom. The molecule has 0 aliphatic carbocycles. The van der Waals surface area contributed by atoms with Crippen LogP contribution in [0.25, 0.3) is 22.2 Å². The minimum Gasteiger partial charge on any atom is -0.472 e. The highest BCUT2D eigenvalue weighted by Crippen LogP contribution is 2.60. The molecule has 2 aliphatic heterocycles. The average molecular weight is 515 g/mol. The first-order valence-electron chi connectivity index (χ1n) is 14.3. The van der Waals surface area contributed by atoms with Gasteiger partial charge in [0.15, 0.2) is 5.60 Å². The molecule has 0 saturated heterocycles. The highest BCUT2D eigenvalue weighted by atomic mass is 16.5. The molecule has 1 aromatic heterocycles. The lowest BCUT2D eigenvalue weighted by atomic mass is 9.74. The molecule has 4 aromatic carbocycles. The summed E-state index contributed by atoms with van der Waals surface area (Å²) in [6.07, 6.45) is 2.25. The number of benzene rings is 4. The molecular weight excluding hydrogens is 480 g/mol. The molecular formula is C35H34N2O2. The van der Waals surface area contributed by atoms with Crippen molar-refractivity contribution in [3.8, 4) is 28.5 Å². The molecule has 4 nitrogen and oxygen atoms in total. The van der Waals surface area contributed by atoms with Crippen LogP contribution < -0.4 is 14.4 Å². The van der Waals surface area contributed by atoms with E-state index in [0.717, 1.165) is 72.1 Å². The van der Waals surface area contributed by atoms with Crippen LogP contribution in [0.1, 0.15) is 50.3 Å². The van der Waals surface area contributed by atoms with E-state index in [-0.39, 0.29) is 0 Å². The van der Waals surface area contributed by atoms with Gasteiger partial charge in [-0.1, -0.05) is 61.9 Å². The van der Waals surface area contributed by atoms with Crippen molar-refractivity contribution in [2.45, 2.75) is 45.8 Å². The van der Waals surface area contributed by atoms with Crippen molar-refractivity contribution in [3.63, 3.8) is 0 Å². The SMILES string of the molecule is CCCCn1c2c(c3ccccc31)C1(Oc3ccccc3-2)c2ccccc2Oc2cc(N(CC)CC)ccc21. The maximum absolute atomic E-state index is 7.31. The number of para-hydroxylation sites is 3. The van der Waals surface area contributed by atoms with E-state index in [2.05, 4.69) is 115 Å². The van der Waals surface area contributed by atoms with Gasteiger partial charge in [-0.05, 0) is 56.7 Å². The minimum absolute atomic E-state index is 0.841. The van der Waals surface area contributed by atoms with Gasteiger partial charge in [0.05, 0.1) is 5.69 Å². The molecule has 196 valence electrons. The van der Waals surface area contributed by atoms with Crippen molar-refractivity contribution in [2.75, 3.05) is 18.0 Å². The zero-order valence-corrected chi connectivity index (χ0v) is 22.9. The van der Waals surface area contributed by atoms with Crippen LogP contribution >= 0.6 is 0 Å². The van der Waals surface area contributed by atoms with E-state index in [9.17, 15) is 0 Å². The average Bonchev–Trinajstić information content (AvgIpc) is 3.32. The van der Waals surface area contributed by atoms with Crippen LogP contribution in [-0.4, -0.2) is 17.7 Å². The summed E-state index contributed by atoms with van der Waals surface area (Å²) in [7, 11) is 0. The molecule has 4 heteroatoms. The summed E-state index contributed by atoms with van der Waals surface area (Å²) in [6.45, 7) is 9.49. The topological polar surface area (TPSA) is 26.6 Å².